The van der Waals surface area contributed by atoms with E-state index in [0.717, 1.165) is 37.8 Å². The number of nitrogens with one attached hydrogen (secondary N) is 1. The van der Waals surface area contributed by atoms with E-state index < -0.39 is 17.6 Å². The van der Waals surface area contributed by atoms with E-state index in [2.05, 4.69) is 17.3 Å². The number of carboxylic acid groups (broad SMARTS) is 1. The van der Waals surface area contributed by atoms with Crippen molar-refractivity contribution < 1.29 is 24.5 Å². The van der Waals surface area contributed by atoms with Gasteiger partial charge in [0, 0.05) is 24.8 Å². The third-order valence-corrected chi connectivity index (χ3v) is 7.89. The maximum atomic E-state index is 11.5. The maximum Gasteiger partial charge on any atom is 0.320 e. The fraction of sp³-hybridized carbons (Fsp3) is 0.667. The van der Waals surface area contributed by atoms with Gasteiger partial charge in [0.25, 0.3) is 0 Å². The molecule has 3 N–H and O–H groups in total. The minimum atomic E-state index is -0.870. The van der Waals surface area contributed by atoms with Gasteiger partial charge in [0.05, 0.1) is 11.0 Å². The number of hydrogen-bond donors (Lipinski definition) is 3. The third kappa shape index (κ3) is 1.97. The minimum absolute atomic E-state index is 0.115. The Balaban J connectivity index is 1.70. The fourth-order valence-electron chi connectivity index (χ4n) is 6.70. The lowest BCUT2D eigenvalue weighted by Gasteiger charge is -2.65. The van der Waals surface area contributed by atoms with Crippen molar-refractivity contribution in [3.8, 4) is 11.5 Å². The summed E-state index contributed by atoms with van der Waals surface area (Å²) in [6, 6.07) is 3.20. The van der Waals surface area contributed by atoms with Gasteiger partial charge in [-0.1, -0.05) is 6.07 Å². The van der Waals surface area contributed by atoms with Gasteiger partial charge in [0.15, 0.2) is 11.5 Å². The van der Waals surface area contributed by atoms with Gasteiger partial charge in [-0.2, -0.15) is 0 Å². The van der Waals surface area contributed by atoms with Crippen LogP contribution in [0.25, 0.3) is 0 Å². The van der Waals surface area contributed by atoms with Crippen molar-refractivity contribution in [3.05, 3.63) is 23.3 Å². The number of likely N-dealkylation sites (N-methyl/N-ethyl adjacent to an activating group) is 1. The third-order valence-electron chi connectivity index (χ3n) is 7.89. The van der Waals surface area contributed by atoms with Gasteiger partial charge in [-0.15, -0.1) is 0 Å². The zero-order valence-electron chi connectivity index (χ0n) is 16.6. The van der Waals surface area contributed by atoms with E-state index in [0.29, 0.717) is 5.75 Å². The normalized spacial score (nSPS) is 39.2. The molecule has 5 rings (SSSR count). The summed E-state index contributed by atoms with van der Waals surface area (Å²) in [5, 5.41) is 23.3. The van der Waals surface area contributed by atoms with Crippen LogP contribution >= 0.6 is 0 Å². The summed E-state index contributed by atoms with van der Waals surface area (Å²) < 4.78 is 12.8. The molecule has 7 nitrogen and oxygen atoms in total. The standard InChI is InChI=1S/C21H28N2O5/c1-11(19(25)26)22-13-6-7-21(27-3)15-10-12-4-5-14(24)17-16(12)20(21,18(13)28-17)8-9-23(15)2/h4-5,11,13,15,18,22,24H,6-10H2,1-3H3,(H,25,26)/t11-,13-,15?,18+,20+,21?/m1/s1. The molecule has 2 heterocycles. The summed E-state index contributed by atoms with van der Waals surface area (Å²) in [5.41, 5.74) is 1.53. The highest BCUT2D eigenvalue weighted by Gasteiger charge is 2.73. The number of aromatic hydroxyl groups is 1. The number of aliphatic carboxylic acids is 1. The molecule has 1 spiro atoms. The first kappa shape index (κ1) is 18.2. The topological polar surface area (TPSA) is 91.3 Å². The van der Waals surface area contributed by atoms with Crippen molar-refractivity contribution in [1.29, 1.82) is 0 Å². The van der Waals surface area contributed by atoms with Crippen LogP contribution in [0.3, 0.4) is 0 Å². The quantitative estimate of drug-likeness (QED) is 0.715. The van der Waals surface area contributed by atoms with Crippen LogP contribution in [0.1, 0.15) is 37.3 Å². The highest BCUT2D eigenvalue weighted by Crippen LogP contribution is 2.66. The smallest absolute Gasteiger partial charge is 0.320 e. The van der Waals surface area contributed by atoms with E-state index in [1.54, 1.807) is 20.1 Å². The lowest BCUT2D eigenvalue weighted by Crippen LogP contribution is -2.78. The second-order valence-electron chi connectivity index (χ2n) is 8.87. The second-order valence-corrected chi connectivity index (χ2v) is 8.87. The number of methoxy groups -OCH3 is 1. The predicted molar refractivity (Wildman–Crippen MR) is 102 cm³/mol. The molecule has 2 unspecified atom stereocenters. The van der Waals surface area contributed by atoms with Crippen LogP contribution in [-0.2, 0) is 21.4 Å². The van der Waals surface area contributed by atoms with Gasteiger partial charge in [-0.3, -0.25) is 10.1 Å². The summed E-state index contributed by atoms with van der Waals surface area (Å²) in [6.45, 7) is 2.59. The Hall–Kier alpha value is -1.83. The fourth-order valence-corrected chi connectivity index (χ4v) is 6.70. The summed E-state index contributed by atoms with van der Waals surface area (Å²) in [5.74, 6) is -0.136. The van der Waals surface area contributed by atoms with Crippen LogP contribution in [-0.4, -0.2) is 71.6 Å². The van der Waals surface area contributed by atoms with Crippen LogP contribution in [0, 0.1) is 0 Å². The molecular formula is C21H28N2O5. The van der Waals surface area contributed by atoms with Crippen molar-refractivity contribution >= 4 is 5.97 Å². The van der Waals surface area contributed by atoms with Crippen molar-refractivity contribution in [2.24, 2.45) is 0 Å². The molecule has 6 atom stereocenters. The van der Waals surface area contributed by atoms with Crippen molar-refractivity contribution in [2.75, 3.05) is 20.7 Å². The Morgan fingerprint density at radius 3 is 2.93 bits per heavy atom. The number of phenolic OH excluding ortho intramolecular Hbond substituents is 1. The number of nitrogens with zero attached hydrogens (tertiary/aromatic N) is 1. The summed E-state index contributed by atoms with van der Waals surface area (Å²) >= 11 is 0. The lowest BCUT2D eigenvalue weighted by atomic mass is 9.48. The maximum absolute atomic E-state index is 11.5. The van der Waals surface area contributed by atoms with Crippen LogP contribution in [0.5, 0.6) is 11.5 Å². The van der Waals surface area contributed by atoms with Crippen molar-refractivity contribution in [3.63, 3.8) is 0 Å². The number of carbonyl (C=O) groups is 1. The molecule has 28 heavy (non-hydrogen) atoms. The number of likely N-dealkylation sites (tertiary alicyclic amines) is 1. The first-order valence-electron chi connectivity index (χ1n) is 10.1. The van der Waals surface area contributed by atoms with Gasteiger partial charge >= 0.3 is 5.97 Å². The summed E-state index contributed by atoms with van der Waals surface area (Å²) in [4.78, 5) is 13.9. The molecule has 2 aliphatic heterocycles. The van der Waals surface area contributed by atoms with Crippen LogP contribution in [0.2, 0.25) is 0 Å². The summed E-state index contributed by atoms with van der Waals surface area (Å²) in [6.07, 6.45) is 3.07. The van der Waals surface area contributed by atoms with Crippen molar-refractivity contribution in [2.45, 2.75) is 67.9 Å². The molecule has 1 aromatic rings. The number of phenols is 1. The van der Waals surface area contributed by atoms with E-state index in [9.17, 15) is 15.0 Å². The Labute approximate surface area is 164 Å². The van der Waals surface area contributed by atoms with E-state index in [1.165, 1.54) is 5.56 Å². The van der Waals surface area contributed by atoms with Crippen LogP contribution < -0.4 is 10.1 Å². The van der Waals surface area contributed by atoms with Gasteiger partial charge in [0.2, 0.25) is 0 Å². The number of hydrogen-bond acceptors (Lipinski definition) is 6. The molecule has 1 saturated carbocycles. The predicted octanol–water partition coefficient (Wildman–Crippen LogP) is 1.26. The molecule has 1 saturated heterocycles. The second kappa shape index (κ2) is 5.84. The number of rotatable bonds is 4. The van der Waals surface area contributed by atoms with Gasteiger partial charge in [-0.05, 0) is 57.8 Å². The number of benzene rings is 1. The average molecular weight is 388 g/mol. The monoisotopic (exact) mass is 388 g/mol. The highest BCUT2D eigenvalue weighted by atomic mass is 16.5. The Bertz CT molecular complexity index is 844. The van der Waals surface area contributed by atoms with E-state index in [1.807, 2.05) is 6.07 Å². The molecule has 2 bridgehead atoms. The van der Waals surface area contributed by atoms with E-state index in [-0.39, 0.29) is 29.4 Å². The molecule has 0 radical (unpaired) electrons. The molecule has 2 aliphatic carbocycles. The molecular weight excluding hydrogens is 360 g/mol. The van der Waals surface area contributed by atoms with Crippen molar-refractivity contribution in [1.82, 2.24) is 10.2 Å². The molecule has 4 aliphatic rings. The SMILES string of the molecule is COC12CC[C@@H](N[C@H](C)C(=O)O)[C@@H]3Oc4c(O)ccc5c4[C@@]31CCN(C)C2C5. The van der Waals surface area contributed by atoms with Gasteiger partial charge < -0.3 is 24.6 Å². The summed E-state index contributed by atoms with van der Waals surface area (Å²) in [7, 11) is 3.96. The zero-order valence-corrected chi connectivity index (χ0v) is 16.6. The van der Waals surface area contributed by atoms with E-state index >= 15 is 0 Å². The minimum Gasteiger partial charge on any atom is -0.504 e. The average Bonchev–Trinajstić information content (AvgIpc) is 3.03. The zero-order chi connectivity index (χ0) is 19.8. The van der Waals surface area contributed by atoms with Gasteiger partial charge in [-0.25, -0.2) is 0 Å². The number of ether oxygens (including phenoxy) is 2. The number of piperidine rings is 1. The van der Waals surface area contributed by atoms with Gasteiger partial charge in [0.1, 0.15) is 12.1 Å². The highest BCUT2D eigenvalue weighted by molar-refractivity contribution is 5.73. The molecule has 1 aromatic carbocycles. The molecule has 7 heteroatoms. The molecule has 0 amide bonds. The Kier molecular flexibility index (Phi) is 3.80. The Morgan fingerprint density at radius 1 is 1.43 bits per heavy atom. The molecule has 2 fully saturated rings. The first-order chi connectivity index (χ1) is 13.4. The lowest BCUT2D eigenvalue weighted by molar-refractivity contribution is -0.204. The van der Waals surface area contributed by atoms with E-state index in [4.69, 9.17) is 9.47 Å². The molecule has 0 aromatic heterocycles. The Morgan fingerprint density at radius 2 is 2.21 bits per heavy atom. The largest absolute Gasteiger partial charge is 0.504 e. The van der Waals surface area contributed by atoms with Crippen LogP contribution in [0.15, 0.2) is 12.1 Å². The molecule has 152 valence electrons. The first-order valence-corrected chi connectivity index (χ1v) is 10.1. The van der Waals surface area contributed by atoms with Crippen LogP contribution in [0.4, 0.5) is 0 Å². The number of carboxylic acids is 1.